The number of ether oxygens (including phenoxy) is 1. The van der Waals surface area contributed by atoms with Crippen LogP contribution in [0.5, 0.6) is 5.75 Å². The molecule has 1 aliphatic carbocycles. The number of methoxy groups -OCH3 is 1. The first-order valence-electron chi connectivity index (χ1n) is 9.97. The van der Waals surface area contributed by atoms with Crippen molar-refractivity contribution in [3.63, 3.8) is 0 Å². The molecule has 0 saturated heterocycles. The lowest BCUT2D eigenvalue weighted by Crippen LogP contribution is -2.36. The number of carbonyl (C=O) groups excluding carboxylic acids is 1. The summed E-state index contributed by atoms with van der Waals surface area (Å²) in [7, 11) is -2.13. The molecule has 1 amide bonds. The van der Waals surface area contributed by atoms with Gasteiger partial charge < -0.3 is 10.1 Å². The second-order valence-corrected chi connectivity index (χ2v) is 9.12. The van der Waals surface area contributed by atoms with E-state index in [2.05, 4.69) is 10.0 Å². The molecule has 2 aromatic carbocycles. The van der Waals surface area contributed by atoms with Crippen molar-refractivity contribution in [2.45, 2.75) is 49.5 Å². The highest BCUT2D eigenvalue weighted by molar-refractivity contribution is 7.89. The average Bonchev–Trinajstić information content (AvgIpc) is 2.77. The highest BCUT2D eigenvalue weighted by Crippen LogP contribution is 2.32. The number of carbonyl (C=O) groups is 1. The van der Waals surface area contributed by atoms with Gasteiger partial charge in [-0.1, -0.05) is 43.5 Å². The first-order chi connectivity index (χ1) is 14.0. The molecule has 0 spiro atoms. The Hall–Kier alpha value is -2.38. The number of hydrogen-bond acceptors (Lipinski definition) is 4. The largest absolute Gasteiger partial charge is 0.497 e. The molecule has 6 nitrogen and oxygen atoms in total. The number of hydrogen-bond donors (Lipinski definition) is 2. The average molecular weight is 417 g/mol. The Balaban J connectivity index is 1.50. The first-order valence-corrected chi connectivity index (χ1v) is 11.5. The molecule has 1 saturated carbocycles. The van der Waals surface area contributed by atoms with Crippen LogP contribution in [0.25, 0.3) is 0 Å². The minimum atomic E-state index is -3.72. The van der Waals surface area contributed by atoms with E-state index >= 15 is 0 Å². The summed E-state index contributed by atoms with van der Waals surface area (Å²) in [5.74, 6) is 0.878. The van der Waals surface area contributed by atoms with Crippen LogP contribution < -0.4 is 14.8 Å². The third kappa shape index (κ3) is 6.05. The minimum Gasteiger partial charge on any atom is -0.497 e. The van der Waals surface area contributed by atoms with E-state index in [1.165, 1.54) is 37.7 Å². The fraction of sp³-hybridized carbons (Fsp3) is 0.409. The van der Waals surface area contributed by atoms with Gasteiger partial charge in [0.2, 0.25) is 15.9 Å². The molecule has 29 heavy (non-hydrogen) atoms. The molecule has 7 heteroatoms. The van der Waals surface area contributed by atoms with Gasteiger partial charge in [0.25, 0.3) is 0 Å². The standard InChI is InChI=1S/C22H28N2O4S/c1-28-20-11-7-17(8-12-20)15-23-22(25)16-24-29(26,27)21-13-9-19(10-14-21)18-5-3-2-4-6-18/h7-14,18,24H,2-6,15-16H2,1H3,(H,23,25). The second-order valence-electron chi connectivity index (χ2n) is 7.35. The van der Waals surface area contributed by atoms with Crippen molar-refractivity contribution in [3.8, 4) is 5.75 Å². The Labute approximate surface area is 172 Å². The van der Waals surface area contributed by atoms with Crippen LogP contribution in [0.4, 0.5) is 0 Å². The van der Waals surface area contributed by atoms with Gasteiger partial charge in [0.05, 0.1) is 18.6 Å². The second kappa shape index (κ2) is 9.89. The van der Waals surface area contributed by atoms with Gasteiger partial charge >= 0.3 is 0 Å². The van der Waals surface area contributed by atoms with E-state index in [-0.39, 0.29) is 17.3 Å². The number of rotatable bonds is 8. The van der Waals surface area contributed by atoms with Crippen molar-refractivity contribution in [1.29, 1.82) is 0 Å². The minimum absolute atomic E-state index is 0.181. The molecular formula is C22H28N2O4S. The van der Waals surface area contributed by atoms with E-state index < -0.39 is 10.0 Å². The van der Waals surface area contributed by atoms with Crippen LogP contribution >= 0.6 is 0 Å². The third-order valence-corrected chi connectivity index (χ3v) is 6.76. The zero-order valence-corrected chi connectivity index (χ0v) is 17.5. The van der Waals surface area contributed by atoms with Crippen LogP contribution in [-0.2, 0) is 21.4 Å². The third-order valence-electron chi connectivity index (χ3n) is 5.34. The molecule has 0 radical (unpaired) electrons. The lowest BCUT2D eigenvalue weighted by molar-refractivity contribution is -0.120. The monoisotopic (exact) mass is 416 g/mol. The zero-order valence-electron chi connectivity index (χ0n) is 16.7. The van der Waals surface area contributed by atoms with Gasteiger partial charge in [0.1, 0.15) is 5.75 Å². The number of amides is 1. The molecule has 0 bridgehead atoms. The van der Waals surface area contributed by atoms with Gasteiger partial charge in [0, 0.05) is 6.54 Å². The molecule has 1 fully saturated rings. The maximum atomic E-state index is 12.5. The quantitative estimate of drug-likeness (QED) is 0.691. The topological polar surface area (TPSA) is 84.5 Å². The summed E-state index contributed by atoms with van der Waals surface area (Å²) in [5.41, 5.74) is 2.10. The zero-order chi connectivity index (χ0) is 20.7. The molecule has 1 aliphatic rings. The van der Waals surface area contributed by atoms with Crippen molar-refractivity contribution in [1.82, 2.24) is 10.0 Å². The highest BCUT2D eigenvalue weighted by atomic mass is 32.2. The van der Waals surface area contributed by atoms with Gasteiger partial charge in [-0.05, 0) is 54.2 Å². The summed E-state index contributed by atoms with van der Waals surface area (Å²) >= 11 is 0. The smallest absolute Gasteiger partial charge is 0.241 e. The number of nitrogens with one attached hydrogen (secondary N) is 2. The summed E-state index contributed by atoms with van der Waals surface area (Å²) in [6.07, 6.45) is 6.08. The molecular weight excluding hydrogens is 388 g/mol. The molecule has 0 aromatic heterocycles. The number of sulfonamides is 1. The van der Waals surface area contributed by atoms with Crippen LogP contribution in [0.3, 0.4) is 0 Å². The normalized spacial score (nSPS) is 15.1. The maximum absolute atomic E-state index is 12.5. The van der Waals surface area contributed by atoms with E-state index in [0.717, 1.165) is 11.3 Å². The van der Waals surface area contributed by atoms with Gasteiger partial charge in [-0.15, -0.1) is 0 Å². The highest BCUT2D eigenvalue weighted by Gasteiger charge is 2.18. The Morgan fingerprint density at radius 3 is 2.28 bits per heavy atom. The Kier molecular flexibility index (Phi) is 7.28. The first kappa shape index (κ1) is 21.3. The van der Waals surface area contributed by atoms with Gasteiger partial charge in [-0.25, -0.2) is 13.1 Å². The van der Waals surface area contributed by atoms with E-state index in [9.17, 15) is 13.2 Å². The van der Waals surface area contributed by atoms with Crippen LogP contribution in [0.1, 0.15) is 49.1 Å². The summed E-state index contributed by atoms with van der Waals surface area (Å²) in [6.45, 7) is 0.0174. The summed E-state index contributed by atoms with van der Waals surface area (Å²) < 4.78 is 32.4. The van der Waals surface area contributed by atoms with Gasteiger partial charge in [-0.2, -0.15) is 0 Å². The Morgan fingerprint density at radius 1 is 1.00 bits per heavy atom. The van der Waals surface area contributed by atoms with Crippen molar-refractivity contribution >= 4 is 15.9 Å². The molecule has 3 rings (SSSR count). The Morgan fingerprint density at radius 2 is 1.66 bits per heavy atom. The molecule has 2 N–H and O–H groups in total. The lowest BCUT2D eigenvalue weighted by atomic mass is 9.84. The predicted octanol–water partition coefficient (Wildman–Crippen LogP) is 3.34. The lowest BCUT2D eigenvalue weighted by Gasteiger charge is -2.22. The molecule has 0 atom stereocenters. The van der Waals surface area contributed by atoms with Crippen LogP contribution in [0, 0.1) is 0 Å². The fourth-order valence-electron chi connectivity index (χ4n) is 3.61. The molecule has 0 unspecified atom stereocenters. The van der Waals surface area contributed by atoms with Crippen molar-refractivity contribution < 1.29 is 17.9 Å². The Bertz CT molecular complexity index is 903. The summed E-state index contributed by atoms with van der Waals surface area (Å²) in [6, 6.07) is 14.3. The molecule has 2 aromatic rings. The summed E-state index contributed by atoms with van der Waals surface area (Å²) in [4.78, 5) is 12.2. The van der Waals surface area contributed by atoms with E-state index in [1.54, 1.807) is 31.4 Å². The van der Waals surface area contributed by atoms with Crippen molar-refractivity contribution in [2.75, 3.05) is 13.7 Å². The number of benzene rings is 2. The van der Waals surface area contributed by atoms with Crippen LogP contribution in [0.15, 0.2) is 53.4 Å². The summed E-state index contributed by atoms with van der Waals surface area (Å²) in [5, 5.41) is 2.71. The van der Waals surface area contributed by atoms with Crippen LogP contribution in [0.2, 0.25) is 0 Å². The molecule has 0 aliphatic heterocycles. The maximum Gasteiger partial charge on any atom is 0.241 e. The van der Waals surface area contributed by atoms with Gasteiger partial charge in [0.15, 0.2) is 0 Å². The SMILES string of the molecule is COc1ccc(CNC(=O)CNS(=O)(=O)c2ccc(C3CCCCC3)cc2)cc1. The van der Waals surface area contributed by atoms with E-state index in [4.69, 9.17) is 4.74 Å². The van der Waals surface area contributed by atoms with Gasteiger partial charge in [-0.3, -0.25) is 4.79 Å². The van der Waals surface area contributed by atoms with Crippen LogP contribution in [-0.4, -0.2) is 28.0 Å². The predicted molar refractivity (Wildman–Crippen MR) is 112 cm³/mol. The van der Waals surface area contributed by atoms with E-state index in [1.807, 2.05) is 24.3 Å². The van der Waals surface area contributed by atoms with E-state index in [0.29, 0.717) is 12.5 Å². The molecule has 0 heterocycles. The van der Waals surface area contributed by atoms with Crippen molar-refractivity contribution in [3.05, 3.63) is 59.7 Å². The fourth-order valence-corrected chi connectivity index (χ4v) is 4.59. The van der Waals surface area contributed by atoms with Crippen molar-refractivity contribution in [2.24, 2.45) is 0 Å². The molecule has 156 valence electrons.